The third-order valence-electron chi connectivity index (χ3n) is 2.77. The van der Waals surface area contributed by atoms with Crippen LogP contribution in [0.15, 0.2) is 23.2 Å². The van der Waals surface area contributed by atoms with Gasteiger partial charge in [0.05, 0.1) is 7.11 Å². The first-order valence-electron chi connectivity index (χ1n) is 6.50. The van der Waals surface area contributed by atoms with E-state index in [1.165, 1.54) is 0 Å². The van der Waals surface area contributed by atoms with Crippen molar-refractivity contribution in [3.63, 3.8) is 0 Å². The summed E-state index contributed by atoms with van der Waals surface area (Å²) in [5.41, 5.74) is 0.754. The number of phenols is 1. The lowest BCUT2D eigenvalue weighted by atomic mass is 10.2. The molecule has 1 aromatic rings. The molecule has 0 aliphatic carbocycles. The molecule has 3 N–H and O–H groups in total. The molecule has 20 heavy (non-hydrogen) atoms. The van der Waals surface area contributed by atoms with Crippen molar-refractivity contribution in [2.24, 2.45) is 4.99 Å². The summed E-state index contributed by atoms with van der Waals surface area (Å²) in [5.74, 6) is 1.62. The highest BCUT2D eigenvalue weighted by atomic mass is 16.5. The van der Waals surface area contributed by atoms with Crippen LogP contribution in [0.4, 0.5) is 0 Å². The molecular weight excluding hydrogens is 258 g/mol. The molecule has 0 amide bonds. The van der Waals surface area contributed by atoms with Crippen molar-refractivity contribution in [2.45, 2.75) is 13.0 Å². The SMILES string of the molecule is CN=C(NCCCOC)NCc1cc(OC)ccc1O. The van der Waals surface area contributed by atoms with Gasteiger partial charge in [0.15, 0.2) is 5.96 Å². The molecule has 0 spiro atoms. The fraction of sp³-hybridized carbons (Fsp3) is 0.500. The van der Waals surface area contributed by atoms with Gasteiger partial charge in [-0.25, -0.2) is 0 Å². The van der Waals surface area contributed by atoms with Crippen LogP contribution in [0.5, 0.6) is 11.5 Å². The van der Waals surface area contributed by atoms with Gasteiger partial charge in [-0.3, -0.25) is 4.99 Å². The van der Waals surface area contributed by atoms with Crippen molar-refractivity contribution >= 4 is 5.96 Å². The normalized spacial score (nSPS) is 11.2. The molecule has 1 aromatic carbocycles. The molecule has 0 aromatic heterocycles. The van der Waals surface area contributed by atoms with Gasteiger partial charge in [-0.15, -0.1) is 0 Å². The Bertz CT molecular complexity index is 436. The van der Waals surface area contributed by atoms with E-state index in [0.717, 1.165) is 18.5 Å². The van der Waals surface area contributed by atoms with Gasteiger partial charge in [0.25, 0.3) is 0 Å². The summed E-state index contributed by atoms with van der Waals surface area (Å²) < 4.78 is 10.1. The Hall–Kier alpha value is -1.95. The van der Waals surface area contributed by atoms with Crippen LogP contribution >= 0.6 is 0 Å². The number of benzene rings is 1. The molecule has 0 fully saturated rings. The third kappa shape index (κ3) is 5.36. The first kappa shape index (κ1) is 16.1. The molecule has 0 saturated heterocycles. The number of aromatic hydroxyl groups is 1. The maximum atomic E-state index is 9.79. The minimum atomic E-state index is 0.230. The number of guanidine groups is 1. The predicted molar refractivity (Wildman–Crippen MR) is 79.4 cm³/mol. The van der Waals surface area contributed by atoms with Crippen LogP contribution in [-0.2, 0) is 11.3 Å². The van der Waals surface area contributed by atoms with Crippen molar-refractivity contribution in [3.8, 4) is 11.5 Å². The van der Waals surface area contributed by atoms with Gasteiger partial charge in [-0.2, -0.15) is 0 Å². The number of phenolic OH excluding ortho intramolecular Hbond substituents is 1. The number of methoxy groups -OCH3 is 2. The summed E-state index contributed by atoms with van der Waals surface area (Å²) in [6.45, 7) is 1.95. The van der Waals surface area contributed by atoms with E-state index in [1.54, 1.807) is 39.5 Å². The van der Waals surface area contributed by atoms with E-state index >= 15 is 0 Å². The Morgan fingerprint density at radius 1 is 1.30 bits per heavy atom. The standard InChI is InChI=1S/C14H23N3O3/c1-15-14(16-7-4-8-19-2)17-10-11-9-12(20-3)5-6-13(11)18/h5-6,9,18H,4,7-8,10H2,1-3H3,(H2,15,16,17). The minimum absolute atomic E-state index is 0.230. The second-order valence-electron chi connectivity index (χ2n) is 4.19. The van der Waals surface area contributed by atoms with Crippen LogP contribution in [-0.4, -0.2) is 45.5 Å². The summed E-state index contributed by atoms with van der Waals surface area (Å²) in [6.07, 6.45) is 0.904. The van der Waals surface area contributed by atoms with Gasteiger partial charge in [-0.05, 0) is 24.6 Å². The van der Waals surface area contributed by atoms with E-state index in [9.17, 15) is 5.11 Å². The molecule has 1 rings (SSSR count). The molecule has 0 saturated carbocycles. The van der Waals surface area contributed by atoms with Crippen LogP contribution in [0, 0.1) is 0 Å². The summed E-state index contributed by atoms with van der Waals surface area (Å²) in [6, 6.07) is 5.13. The van der Waals surface area contributed by atoms with Crippen molar-refractivity contribution in [1.82, 2.24) is 10.6 Å². The molecule has 0 heterocycles. The Morgan fingerprint density at radius 2 is 2.10 bits per heavy atom. The number of nitrogens with one attached hydrogen (secondary N) is 2. The van der Waals surface area contributed by atoms with Crippen molar-refractivity contribution < 1.29 is 14.6 Å². The third-order valence-corrected chi connectivity index (χ3v) is 2.77. The lowest BCUT2D eigenvalue weighted by molar-refractivity contribution is 0.195. The number of rotatable bonds is 7. The van der Waals surface area contributed by atoms with E-state index in [0.29, 0.717) is 24.9 Å². The number of hydrogen-bond donors (Lipinski definition) is 3. The zero-order valence-corrected chi connectivity index (χ0v) is 12.3. The largest absolute Gasteiger partial charge is 0.508 e. The van der Waals surface area contributed by atoms with Crippen molar-refractivity contribution in [2.75, 3.05) is 34.4 Å². The number of nitrogens with zero attached hydrogens (tertiary/aromatic N) is 1. The fourth-order valence-electron chi connectivity index (χ4n) is 1.65. The molecule has 112 valence electrons. The highest BCUT2D eigenvalue weighted by molar-refractivity contribution is 5.79. The first-order valence-corrected chi connectivity index (χ1v) is 6.50. The second-order valence-corrected chi connectivity index (χ2v) is 4.19. The molecule has 6 nitrogen and oxygen atoms in total. The quantitative estimate of drug-likeness (QED) is 0.396. The topological polar surface area (TPSA) is 75.1 Å². The van der Waals surface area contributed by atoms with E-state index in [-0.39, 0.29) is 5.75 Å². The summed E-state index contributed by atoms with van der Waals surface area (Å²) >= 11 is 0. The Balaban J connectivity index is 2.48. The Morgan fingerprint density at radius 3 is 2.75 bits per heavy atom. The summed E-state index contributed by atoms with van der Waals surface area (Å²) in [5, 5.41) is 16.1. The van der Waals surface area contributed by atoms with Gasteiger partial charge < -0.3 is 25.2 Å². The molecule has 0 bridgehead atoms. The number of ether oxygens (including phenoxy) is 2. The second kappa shape index (κ2) is 9.03. The van der Waals surface area contributed by atoms with Crippen LogP contribution in [0.1, 0.15) is 12.0 Å². The monoisotopic (exact) mass is 281 g/mol. The zero-order valence-electron chi connectivity index (χ0n) is 12.3. The van der Waals surface area contributed by atoms with Crippen LogP contribution in [0.2, 0.25) is 0 Å². The number of hydrogen-bond acceptors (Lipinski definition) is 4. The van der Waals surface area contributed by atoms with Crippen molar-refractivity contribution in [1.29, 1.82) is 0 Å². The van der Waals surface area contributed by atoms with E-state index in [4.69, 9.17) is 9.47 Å². The molecule has 6 heteroatoms. The summed E-state index contributed by atoms with van der Waals surface area (Å²) in [7, 11) is 4.98. The smallest absolute Gasteiger partial charge is 0.191 e. The van der Waals surface area contributed by atoms with Crippen LogP contribution in [0.3, 0.4) is 0 Å². The van der Waals surface area contributed by atoms with Gasteiger partial charge in [-0.1, -0.05) is 0 Å². The van der Waals surface area contributed by atoms with Gasteiger partial charge in [0.1, 0.15) is 11.5 Å². The molecule has 0 aliphatic heterocycles. The van der Waals surface area contributed by atoms with E-state index in [1.807, 2.05) is 0 Å². The molecule has 0 aliphatic rings. The highest BCUT2D eigenvalue weighted by Gasteiger charge is 2.04. The Kier molecular flexibility index (Phi) is 7.27. The molecule has 0 radical (unpaired) electrons. The van der Waals surface area contributed by atoms with Gasteiger partial charge in [0.2, 0.25) is 0 Å². The maximum Gasteiger partial charge on any atom is 0.191 e. The average molecular weight is 281 g/mol. The van der Waals surface area contributed by atoms with Gasteiger partial charge >= 0.3 is 0 Å². The number of aliphatic imine (C=N–C) groups is 1. The molecular formula is C14H23N3O3. The lowest BCUT2D eigenvalue weighted by Crippen LogP contribution is -2.37. The molecule has 0 atom stereocenters. The first-order chi connectivity index (χ1) is 9.71. The average Bonchev–Trinajstić information content (AvgIpc) is 2.48. The van der Waals surface area contributed by atoms with E-state index in [2.05, 4.69) is 15.6 Å². The summed E-state index contributed by atoms with van der Waals surface area (Å²) in [4.78, 5) is 4.11. The lowest BCUT2D eigenvalue weighted by Gasteiger charge is -2.13. The molecule has 0 unspecified atom stereocenters. The predicted octanol–water partition coefficient (Wildman–Crippen LogP) is 1.10. The van der Waals surface area contributed by atoms with Crippen molar-refractivity contribution in [3.05, 3.63) is 23.8 Å². The van der Waals surface area contributed by atoms with Crippen LogP contribution in [0.25, 0.3) is 0 Å². The zero-order chi connectivity index (χ0) is 14.8. The highest BCUT2D eigenvalue weighted by Crippen LogP contribution is 2.22. The fourth-order valence-corrected chi connectivity index (χ4v) is 1.65. The van der Waals surface area contributed by atoms with Crippen LogP contribution < -0.4 is 15.4 Å². The van der Waals surface area contributed by atoms with Gasteiger partial charge in [0, 0.05) is 39.4 Å². The van der Waals surface area contributed by atoms with E-state index < -0.39 is 0 Å². The Labute approximate surface area is 119 Å². The minimum Gasteiger partial charge on any atom is -0.508 e. The maximum absolute atomic E-state index is 9.79.